The number of oxime groups is 1. The van der Waals surface area contributed by atoms with Crippen LogP contribution in [0.4, 0.5) is 0 Å². The van der Waals surface area contributed by atoms with Gasteiger partial charge >= 0.3 is 5.97 Å². The second kappa shape index (κ2) is 5.05. The average Bonchev–Trinajstić information content (AvgIpc) is 1.87. The molecule has 0 bridgehead atoms. The van der Waals surface area contributed by atoms with Crippen molar-refractivity contribution in [2.75, 3.05) is 12.5 Å². The molecule has 0 aromatic carbocycles. The molecular weight excluding hydrogens is 158 g/mol. The van der Waals surface area contributed by atoms with E-state index in [0.29, 0.717) is 5.71 Å². The lowest BCUT2D eigenvalue weighted by Gasteiger charge is -1.93. The van der Waals surface area contributed by atoms with E-state index in [1.54, 1.807) is 6.92 Å². The van der Waals surface area contributed by atoms with Crippen LogP contribution in [0.3, 0.4) is 0 Å². The van der Waals surface area contributed by atoms with E-state index in [9.17, 15) is 4.79 Å². The van der Waals surface area contributed by atoms with Gasteiger partial charge in [0.15, 0.2) is 0 Å². The Kier molecular flexibility index (Phi) is 4.66. The molecule has 0 amide bonds. The summed E-state index contributed by atoms with van der Waals surface area (Å²) in [6.45, 7) is 1.23. The van der Waals surface area contributed by atoms with Crippen molar-refractivity contribution in [1.82, 2.24) is 0 Å². The molecule has 0 aromatic heterocycles. The molecule has 4 nitrogen and oxygen atoms in total. The van der Waals surface area contributed by atoms with Crippen LogP contribution >= 0.6 is 11.6 Å². The summed E-state index contributed by atoms with van der Waals surface area (Å²) >= 11 is 5.31. The van der Waals surface area contributed by atoms with Gasteiger partial charge in [-0.1, -0.05) is 5.16 Å². The number of hydrogen-bond donors (Lipinski definition) is 1. The molecule has 0 radical (unpaired) electrons. The van der Waals surface area contributed by atoms with Crippen LogP contribution in [0.25, 0.3) is 0 Å². The lowest BCUT2D eigenvalue weighted by atomic mass is 10.5. The van der Waals surface area contributed by atoms with Crippen molar-refractivity contribution in [2.24, 2.45) is 5.16 Å². The van der Waals surface area contributed by atoms with E-state index >= 15 is 0 Å². The molecule has 0 fully saturated rings. The SMILES string of the molecule is CC(CCl)=NOCC(=O)O. The van der Waals surface area contributed by atoms with Gasteiger partial charge in [0.05, 0.1) is 11.6 Å². The first kappa shape index (κ1) is 9.23. The Hall–Kier alpha value is -0.770. The zero-order valence-corrected chi connectivity index (χ0v) is 6.26. The highest BCUT2D eigenvalue weighted by Gasteiger charge is 1.94. The van der Waals surface area contributed by atoms with E-state index in [0.717, 1.165) is 0 Å². The molecule has 0 spiro atoms. The van der Waals surface area contributed by atoms with Gasteiger partial charge in [-0.3, -0.25) is 0 Å². The van der Waals surface area contributed by atoms with Crippen LogP contribution in [0, 0.1) is 0 Å². The fraction of sp³-hybridized carbons (Fsp3) is 0.600. The molecule has 0 aromatic rings. The Balaban J connectivity index is 3.43. The Morgan fingerprint density at radius 2 is 2.40 bits per heavy atom. The zero-order valence-electron chi connectivity index (χ0n) is 5.50. The molecule has 10 heavy (non-hydrogen) atoms. The zero-order chi connectivity index (χ0) is 7.98. The van der Waals surface area contributed by atoms with Gasteiger partial charge in [0.1, 0.15) is 0 Å². The van der Waals surface area contributed by atoms with Crippen molar-refractivity contribution >= 4 is 23.3 Å². The van der Waals surface area contributed by atoms with Gasteiger partial charge in [-0.2, -0.15) is 0 Å². The third-order valence-electron chi connectivity index (χ3n) is 0.602. The van der Waals surface area contributed by atoms with Crippen LogP contribution in [0.1, 0.15) is 6.92 Å². The summed E-state index contributed by atoms with van der Waals surface area (Å²) in [6, 6.07) is 0. The summed E-state index contributed by atoms with van der Waals surface area (Å²) < 4.78 is 0. The van der Waals surface area contributed by atoms with Crippen molar-refractivity contribution in [3.8, 4) is 0 Å². The summed E-state index contributed by atoms with van der Waals surface area (Å²) in [4.78, 5) is 14.2. The number of aliphatic carboxylic acids is 1. The number of rotatable bonds is 4. The fourth-order valence-electron chi connectivity index (χ4n) is 0.222. The number of halogens is 1. The van der Waals surface area contributed by atoms with Crippen molar-refractivity contribution in [3.63, 3.8) is 0 Å². The number of carbonyl (C=O) groups is 1. The third-order valence-corrected chi connectivity index (χ3v) is 0.989. The lowest BCUT2D eigenvalue weighted by molar-refractivity contribution is -0.142. The predicted molar refractivity (Wildman–Crippen MR) is 37.4 cm³/mol. The first-order valence-corrected chi connectivity index (χ1v) is 3.13. The van der Waals surface area contributed by atoms with Crippen molar-refractivity contribution < 1.29 is 14.7 Å². The maximum atomic E-state index is 9.84. The van der Waals surface area contributed by atoms with Gasteiger partial charge in [-0.25, -0.2) is 4.79 Å². The van der Waals surface area contributed by atoms with Gasteiger partial charge in [0.25, 0.3) is 0 Å². The topological polar surface area (TPSA) is 58.9 Å². The number of carboxylic acid groups (broad SMARTS) is 1. The predicted octanol–water partition coefficient (Wildman–Crippen LogP) is 0.702. The normalized spacial score (nSPS) is 11.2. The molecule has 0 atom stereocenters. The van der Waals surface area contributed by atoms with E-state index in [1.807, 2.05) is 0 Å². The van der Waals surface area contributed by atoms with Gasteiger partial charge in [0, 0.05) is 0 Å². The van der Waals surface area contributed by atoms with Gasteiger partial charge in [-0.15, -0.1) is 11.6 Å². The summed E-state index contributed by atoms with van der Waals surface area (Å²) in [5, 5.41) is 11.5. The lowest BCUT2D eigenvalue weighted by Crippen LogP contribution is -2.05. The van der Waals surface area contributed by atoms with E-state index in [-0.39, 0.29) is 5.88 Å². The quantitative estimate of drug-likeness (QED) is 0.379. The molecule has 5 heteroatoms. The number of nitrogens with zero attached hydrogens (tertiary/aromatic N) is 1. The molecule has 0 heterocycles. The van der Waals surface area contributed by atoms with Gasteiger partial charge in [-0.05, 0) is 6.92 Å². The Labute approximate surface area is 63.4 Å². The molecule has 58 valence electrons. The Morgan fingerprint density at radius 3 is 2.80 bits per heavy atom. The fourth-order valence-corrected chi connectivity index (χ4v) is 0.271. The summed E-state index contributed by atoms with van der Waals surface area (Å²) in [5.74, 6) is -0.800. The minimum Gasteiger partial charge on any atom is -0.479 e. The second-order valence-corrected chi connectivity index (χ2v) is 1.89. The van der Waals surface area contributed by atoms with Crippen LogP contribution in [0.15, 0.2) is 5.16 Å². The maximum Gasteiger partial charge on any atom is 0.344 e. The van der Waals surface area contributed by atoms with Gasteiger partial charge in [0.2, 0.25) is 6.61 Å². The smallest absolute Gasteiger partial charge is 0.344 e. The highest BCUT2D eigenvalue weighted by atomic mass is 35.5. The minimum absolute atomic E-state index is 0.250. The van der Waals surface area contributed by atoms with Crippen LogP contribution in [0.2, 0.25) is 0 Å². The summed E-state index contributed by atoms with van der Waals surface area (Å²) in [6.07, 6.45) is 0. The molecule has 1 N–H and O–H groups in total. The van der Waals surface area contributed by atoms with Crippen molar-refractivity contribution in [1.29, 1.82) is 0 Å². The minimum atomic E-state index is -1.05. The highest BCUT2D eigenvalue weighted by Crippen LogP contribution is 1.84. The first-order chi connectivity index (χ1) is 4.66. The number of alkyl halides is 1. The molecule has 0 aliphatic rings. The Morgan fingerprint density at radius 1 is 1.80 bits per heavy atom. The maximum absolute atomic E-state index is 9.84. The average molecular weight is 166 g/mol. The van der Waals surface area contributed by atoms with Crippen LogP contribution in [-0.2, 0) is 9.63 Å². The van der Waals surface area contributed by atoms with E-state index in [2.05, 4.69) is 9.99 Å². The molecule has 0 saturated carbocycles. The third kappa shape index (κ3) is 5.37. The molecule has 0 aliphatic heterocycles. The van der Waals surface area contributed by atoms with Crippen LogP contribution in [-0.4, -0.2) is 29.3 Å². The van der Waals surface area contributed by atoms with E-state index in [4.69, 9.17) is 16.7 Å². The molecule has 0 saturated heterocycles. The molecule has 0 aliphatic carbocycles. The number of hydrogen-bond acceptors (Lipinski definition) is 3. The molecule has 0 unspecified atom stereocenters. The highest BCUT2D eigenvalue weighted by molar-refractivity contribution is 6.28. The van der Waals surface area contributed by atoms with E-state index in [1.165, 1.54) is 0 Å². The largest absolute Gasteiger partial charge is 0.479 e. The first-order valence-electron chi connectivity index (χ1n) is 2.60. The Bertz CT molecular complexity index is 146. The molecular formula is C5H8ClNO3. The summed E-state index contributed by atoms with van der Waals surface area (Å²) in [7, 11) is 0. The summed E-state index contributed by atoms with van der Waals surface area (Å²) in [5.41, 5.74) is 0.558. The number of carboxylic acids is 1. The van der Waals surface area contributed by atoms with Crippen molar-refractivity contribution in [2.45, 2.75) is 6.92 Å². The monoisotopic (exact) mass is 165 g/mol. The van der Waals surface area contributed by atoms with Crippen LogP contribution in [0.5, 0.6) is 0 Å². The van der Waals surface area contributed by atoms with Crippen LogP contribution < -0.4 is 0 Å². The molecule has 0 rings (SSSR count). The van der Waals surface area contributed by atoms with Gasteiger partial charge < -0.3 is 9.94 Å². The second-order valence-electron chi connectivity index (χ2n) is 1.63. The van der Waals surface area contributed by atoms with Crippen molar-refractivity contribution in [3.05, 3.63) is 0 Å². The van der Waals surface area contributed by atoms with E-state index < -0.39 is 12.6 Å². The standard InChI is InChI=1S/C5H8ClNO3/c1-4(2-6)7-10-3-5(8)9/h2-3H2,1H3,(H,8,9).